The molecule has 0 aromatic rings. The molecule has 0 bridgehead atoms. The molecule has 0 aromatic carbocycles. The second-order valence-electron chi connectivity index (χ2n) is 11.7. The van der Waals surface area contributed by atoms with E-state index in [0.717, 1.165) is 6.42 Å². The normalized spacial score (nSPS) is 10.9. The van der Waals surface area contributed by atoms with E-state index >= 15 is 0 Å². The van der Waals surface area contributed by atoms with Gasteiger partial charge in [-0.25, -0.2) is 0 Å². The molecule has 0 aromatic heterocycles. The highest BCUT2D eigenvalue weighted by molar-refractivity contribution is 4.65. The van der Waals surface area contributed by atoms with Crippen molar-refractivity contribution in [2.45, 2.75) is 213 Å². The molecule has 0 aliphatic carbocycles. The van der Waals surface area contributed by atoms with E-state index in [0.29, 0.717) is 6.54 Å². The maximum absolute atomic E-state index is 7.08. The Bertz CT molecular complexity index is 348. The molecule has 0 saturated heterocycles. The van der Waals surface area contributed by atoms with Crippen molar-refractivity contribution in [2.75, 3.05) is 6.54 Å². The van der Waals surface area contributed by atoms with Crippen molar-refractivity contribution < 1.29 is 0 Å². The van der Waals surface area contributed by atoms with Crippen LogP contribution in [0.15, 0.2) is 12.7 Å². The van der Waals surface area contributed by atoms with Crippen LogP contribution in [0, 0.1) is 0 Å². The van der Waals surface area contributed by atoms with Crippen LogP contribution >= 0.6 is 0 Å². The van der Waals surface area contributed by atoms with E-state index in [1.54, 1.807) is 0 Å². The highest BCUT2D eigenvalue weighted by atomic mass is 14.5. The van der Waals surface area contributed by atoms with Crippen LogP contribution in [0.25, 0.3) is 5.73 Å². The summed E-state index contributed by atoms with van der Waals surface area (Å²) in [6.45, 7) is 8.96. The molecule has 37 heavy (non-hydrogen) atoms. The monoisotopic (exact) mass is 521 g/mol. The molecule has 0 rings (SSSR count). The number of rotatable bonds is 31. The van der Waals surface area contributed by atoms with Gasteiger partial charge in [0.15, 0.2) is 0 Å². The average molecular weight is 521 g/mol. The van der Waals surface area contributed by atoms with Crippen molar-refractivity contribution >= 4 is 0 Å². The van der Waals surface area contributed by atoms with Crippen LogP contribution in [-0.4, -0.2) is 6.54 Å². The van der Waals surface area contributed by atoms with Crippen molar-refractivity contribution in [3.05, 3.63) is 18.4 Å². The molecule has 0 aliphatic heterocycles. The van der Waals surface area contributed by atoms with Gasteiger partial charge in [-0.1, -0.05) is 206 Å². The molecule has 0 heterocycles. The van der Waals surface area contributed by atoms with Crippen LogP contribution in [0.1, 0.15) is 213 Å². The summed E-state index contributed by atoms with van der Waals surface area (Å²) in [6, 6.07) is 0. The fourth-order valence-corrected chi connectivity index (χ4v) is 5.16. The Hall–Kier alpha value is -0.300. The van der Waals surface area contributed by atoms with Crippen molar-refractivity contribution in [3.63, 3.8) is 0 Å². The van der Waals surface area contributed by atoms with Crippen LogP contribution < -0.4 is 0 Å². The van der Waals surface area contributed by atoms with E-state index in [1.165, 1.54) is 193 Å². The molecule has 1 nitrogen and oxygen atoms in total. The third-order valence-corrected chi connectivity index (χ3v) is 7.79. The first-order valence-electron chi connectivity index (χ1n) is 17.6. The maximum atomic E-state index is 7.08. The minimum atomic E-state index is 0.623. The summed E-state index contributed by atoms with van der Waals surface area (Å²) < 4.78 is 0. The van der Waals surface area contributed by atoms with Gasteiger partial charge in [0, 0.05) is 0 Å². The lowest BCUT2D eigenvalue weighted by atomic mass is 10.0. The van der Waals surface area contributed by atoms with Crippen molar-refractivity contribution in [2.24, 2.45) is 0 Å². The van der Waals surface area contributed by atoms with Gasteiger partial charge in [0.2, 0.25) is 0 Å². The van der Waals surface area contributed by atoms with Gasteiger partial charge >= 0.3 is 0 Å². The zero-order valence-electron chi connectivity index (χ0n) is 26.4. The van der Waals surface area contributed by atoms with E-state index < -0.39 is 0 Å². The third kappa shape index (κ3) is 43.0. The number of hydrogen-bond acceptors (Lipinski definition) is 0. The van der Waals surface area contributed by atoms with E-state index in [4.69, 9.17) is 5.73 Å². The Morgan fingerprint density at radius 1 is 0.351 bits per heavy atom. The largest absolute Gasteiger partial charge is 0.677 e. The molecule has 1 N–H and O–H groups in total. The quantitative estimate of drug-likeness (QED) is 0.0641. The summed E-state index contributed by atoms with van der Waals surface area (Å²) >= 11 is 0. The lowest BCUT2D eigenvalue weighted by molar-refractivity contribution is 0.531. The number of unbranched alkanes of at least 4 members (excludes halogenated alkanes) is 29. The van der Waals surface area contributed by atoms with Gasteiger partial charge in [-0.2, -0.15) is 6.54 Å². The Morgan fingerprint density at radius 2 is 0.568 bits per heavy atom. The van der Waals surface area contributed by atoms with E-state index in [2.05, 4.69) is 20.4 Å². The van der Waals surface area contributed by atoms with Crippen LogP contribution in [0.3, 0.4) is 0 Å². The molecule has 1 heteroatoms. The smallest absolute Gasteiger partial charge is 0.0353 e. The first-order chi connectivity index (χ1) is 18.3. The fraction of sp³-hybridized carbons (Fsp3) is 0.944. The van der Waals surface area contributed by atoms with Gasteiger partial charge in [0.05, 0.1) is 0 Å². The molecular weight excluding hydrogens is 446 g/mol. The number of nitrogens with one attached hydrogen (secondary N) is 1. The second-order valence-corrected chi connectivity index (χ2v) is 11.7. The predicted octanol–water partition coefficient (Wildman–Crippen LogP) is 14.3. The molecule has 0 spiro atoms. The number of allylic oxidation sites excluding steroid dienone is 1. The maximum Gasteiger partial charge on any atom is -0.0353 e. The first kappa shape index (κ1) is 38.8. The summed E-state index contributed by atoms with van der Waals surface area (Å²) in [4.78, 5) is 0. The van der Waals surface area contributed by atoms with Gasteiger partial charge in [-0.3, -0.25) is 0 Å². The molecular formula is C36H74N-. The SMILES string of the molecule is C=CCCCCCCCCCCCCCCCC.CCCCCCCCCCCCCCCCCC[NH-]. The Morgan fingerprint density at radius 3 is 0.784 bits per heavy atom. The zero-order valence-corrected chi connectivity index (χ0v) is 26.4. The van der Waals surface area contributed by atoms with Crippen molar-refractivity contribution in [1.82, 2.24) is 0 Å². The summed E-state index contributed by atoms with van der Waals surface area (Å²) in [5.74, 6) is 0. The third-order valence-electron chi connectivity index (χ3n) is 7.79. The summed E-state index contributed by atoms with van der Waals surface area (Å²) in [5, 5.41) is 0. The average Bonchev–Trinajstić information content (AvgIpc) is 2.91. The molecule has 0 atom stereocenters. The molecule has 0 saturated carbocycles. The topological polar surface area (TPSA) is 23.8 Å². The minimum absolute atomic E-state index is 0.623. The van der Waals surface area contributed by atoms with Crippen LogP contribution in [0.4, 0.5) is 0 Å². The van der Waals surface area contributed by atoms with Gasteiger partial charge in [-0.05, 0) is 12.8 Å². The molecule has 0 radical (unpaired) electrons. The van der Waals surface area contributed by atoms with Gasteiger partial charge in [0.1, 0.15) is 0 Å². The zero-order chi connectivity index (χ0) is 27.3. The van der Waals surface area contributed by atoms with Crippen LogP contribution in [0.2, 0.25) is 0 Å². The van der Waals surface area contributed by atoms with Gasteiger partial charge in [0.25, 0.3) is 0 Å². The molecule has 224 valence electrons. The summed E-state index contributed by atoms with van der Waals surface area (Å²) in [6.07, 6.45) is 46.0. The molecule has 0 fully saturated rings. The fourth-order valence-electron chi connectivity index (χ4n) is 5.16. The standard InChI is InChI=1S/C18H38N.C18H36/c1-2-3-4-5-6-7-8-9-10-11-12-13-14-15-16-17-18-19;1-3-5-7-9-11-13-15-17-18-16-14-12-10-8-6-4-2/h19H,2-18H2,1H3;3H,1,4-18H2,2H3/q-1;. The predicted molar refractivity (Wildman–Crippen MR) is 174 cm³/mol. The van der Waals surface area contributed by atoms with Gasteiger partial charge < -0.3 is 5.73 Å². The van der Waals surface area contributed by atoms with Gasteiger partial charge in [-0.15, -0.1) is 6.58 Å². The lowest BCUT2D eigenvalue weighted by Gasteiger charge is -2.04. The summed E-state index contributed by atoms with van der Waals surface area (Å²) in [7, 11) is 0. The van der Waals surface area contributed by atoms with E-state index in [1.807, 2.05) is 6.08 Å². The van der Waals surface area contributed by atoms with Crippen molar-refractivity contribution in [3.8, 4) is 0 Å². The lowest BCUT2D eigenvalue weighted by Crippen LogP contribution is -1.84. The molecule has 0 amide bonds. The Balaban J connectivity index is 0. The number of hydrogen-bond donors (Lipinski definition) is 0. The second kappa shape index (κ2) is 40.2. The Labute approximate surface area is 237 Å². The van der Waals surface area contributed by atoms with Crippen LogP contribution in [-0.2, 0) is 0 Å². The van der Waals surface area contributed by atoms with E-state index in [-0.39, 0.29) is 0 Å². The summed E-state index contributed by atoms with van der Waals surface area (Å²) in [5.41, 5.74) is 7.08. The van der Waals surface area contributed by atoms with E-state index in [9.17, 15) is 0 Å². The first-order valence-corrected chi connectivity index (χ1v) is 17.6. The van der Waals surface area contributed by atoms with Crippen LogP contribution in [0.5, 0.6) is 0 Å². The van der Waals surface area contributed by atoms with Crippen molar-refractivity contribution in [1.29, 1.82) is 0 Å². The minimum Gasteiger partial charge on any atom is -0.677 e. The highest BCUT2D eigenvalue weighted by Crippen LogP contribution is 2.14. The Kier molecular flexibility index (Phi) is 42.2. The molecule has 0 aliphatic rings. The highest BCUT2D eigenvalue weighted by Gasteiger charge is 1.95. The molecule has 0 unspecified atom stereocenters.